The number of likely N-dealkylation sites (tertiary alicyclic amines) is 1. The van der Waals surface area contributed by atoms with Gasteiger partial charge in [0.1, 0.15) is 5.75 Å². The Labute approximate surface area is 155 Å². The highest BCUT2D eigenvalue weighted by Gasteiger charge is 2.48. The van der Waals surface area contributed by atoms with E-state index in [0.29, 0.717) is 6.42 Å². The number of hydrogen-bond acceptors (Lipinski definition) is 3. The Morgan fingerprint density at radius 3 is 2.68 bits per heavy atom. The minimum absolute atomic E-state index is 0.0479. The van der Waals surface area contributed by atoms with E-state index in [4.69, 9.17) is 16.3 Å². The van der Waals surface area contributed by atoms with Gasteiger partial charge < -0.3 is 14.7 Å². The van der Waals surface area contributed by atoms with Gasteiger partial charge in [0.15, 0.2) is 0 Å². The largest absolute Gasteiger partial charge is 0.490 e. The molecule has 1 amide bonds. The van der Waals surface area contributed by atoms with Crippen LogP contribution in [0.3, 0.4) is 0 Å². The molecule has 5 heteroatoms. The molecule has 1 spiro atoms. The van der Waals surface area contributed by atoms with E-state index in [-0.39, 0.29) is 30.0 Å². The van der Waals surface area contributed by atoms with E-state index < -0.39 is 0 Å². The second-order valence-corrected chi connectivity index (χ2v) is 8.07. The van der Waals surface area contributed by atoms with Gasteiger partial charge in [-0.25, -0.2) is 0 Å². The van der Waals surface area contributed by atoms with Crippen molar-refractivity contribution in [2.45, 2.75) is 52.1 Å². The topological polar surface area (TPSA) is 49.8 Å². The zero-order valence-corrected chi connectivity index (χ0v) is 15.9. The first-order valence-electron chi connectivity index (χ1n) is 9.29. The average Bonchev–Trinajstić information content (AvgIpc) is 2.58. The van der Waals surface area contributed by atoms with Crippen LogP contribution in [0.1, 0.15) is 44.6 Å². The van der Waals surface area contributed by atoms with E-state index >= 15 is 0 Å². The summed E-state index contributed by atoms with van der Waals surface area (Å²) in [6.07, 6.45) is 5.16. The summed E-state index contributed by atoms with van der Waals surface area (Å²) in [6, 6.07) is 5.79. The summed E-state index contributed by atoms with van der Waals surface area (Å²) >= 11 is 6.17. The van der Waals surface area contributed by atoms with E-state index in [1.54, 1.807) is 0 Å². The minimum atomic E-state index is -0.233. The fourth-order valence-corrected chi connectivity index (χ4v) is 4.26. The van der Waals surface area contributed by atoms with Crippen molar-refractivity contribution < 1.29 is 14.6 Å². The van der Waals surface area contributed by atoms with Gasteiger partial charge in [-0.05, 0) is 51.2 Å². The molecule has 0 radical (unpaired) electrons. The molecule has 1 atom stereocenters. The van der Waals surface area contributed by atoms with Crippen LogP contribution in [0.25, 0.3) is 0 Å². The molecule has 1 aliphatic carbocycles. The number of ether oxygens (including phenoxy) is 1. The molecule has 1 heterocycles. The Hall–Kier alpha value is -1.26. The molecule has 1 N–H and O–H groups in total. The molecule has 4 nitrogen and oxygen atoms in total. The van der Waals surface area contributed by atoms with Crippen LogP contribution in [0.4, 0.5) is 0 Å². The van der Waals surface area contributed by atoms with Gasteiger partial charge in [0.05, 0.1) is 18.6 Å². The molecule has 138 valence electrons. The maximum absolute atomic E-state index is 12.3. The highest BCUT2D eigenvalue weighted by Crippen LogP contribution is 2.45. The Kier molecular flexibility index (Phi) is 5.59. The molecule has 0 unspecified atom stereocenters. The Bertz CT molecular complexity index is 613. The monoisotopic (exact) mass is 365 g/mol. The lowest BCUT2D eigenvalue weighted by molar-refractivity contribution is -0.152. The lowest BCUT2D eigenvalue weighted by atomic mass is 9.67. The van der Waals surface area contributed by atoms with Crippen LogP contribution in [0.2, 0.25) is 5.02 Å². The summed E-state index contributed by atoms with van der Waals surface area (Å²) < 4.78 is 6.18. The summed E-state index contributed by atoms with van der Waals surface area (Å²) in [7, 11) is 0. The maximum Gasteiger partial charge on any atom is 0.228 e. The Morgan fingerprint density at radius 1 is 1.40 bits per heavy atom. The van der Waals surface area contributed by atoms with Crippen molar-refractivity contribution >= 4 is 17.5 Å². The van der Waals surface area contributed by atoms with Crippen molar-refractivity contribution in [3.63, 3.8) is 0 Å². The molecule has 1 aromatic rings. The second kappa shape index (κ2) is 7.55. The fourth-order valence-electron chi connectivity index (χ4n) is 4.09. The molecule has 2 fully saturated rings. The highest BCUT2D eigenvalue weighted by atomic mass is 35.5. The zero-order chi connectivity index (χ0) is 18.0. The van der Waals surface area contributed by atoms with Crippen LogP contribution in [0.15, 0.2) is 18.2 Å². The number of amides is 1. The maximum atomic E-state index is 12.3. The third kappa shape index (κ3) is 3.80. The summed E-state index contributed by atoms with van der Waals surface area (Å²) in [6.45, 7) is 5.57. The second-order valence-electron chi connectivity index (χ2n) is 7.66. The number of aliphatic hydroxyl groups excluding tert-OH is 1. The van der Waals surface area contributed by atoms with Gasteiger partial charge in [-0.1, -0.05) is 24.6 Å². The Morgan fingerprint density at radius 2 is 2.08 bits per heavy atom. The van der Waals surface area contributed by atoms with Crippen molar-refractivity contribution in [3.8, 4) is 5.75 Å². The van der Waals surface area contributed by atoms with Gasteiger partial charge in [0, 0.05) is 29.1 Å². The Balaban J connectivity index is 1.50. The van der Waals surface area contributed by atoms with Gasteiger partial charge in [-0.15, -0.1) is 0 Å². The van der Waals surface area contributed by atoms with Gasteiger partial charge in [-0.3, -0.25) is 4.79 Å². The van der Waals surface area contributed by atoms with Crippen molar-refractivity contribution in [3.05, 3.63) is 28.8 Å². The van der Waals surface area contributed by atoms with Crippen LogP contribution in [-0.2, 0) is 4.79 Å². The first-order chi connectivity index (χ1) is 12.0. The molecule has 1 aliphatic heterocycles. The van der Waals surface area contributed by atoms with E-state index in [1.165, 1.54) is 0 Å². The lowest BCUT2D eigenvalue weighted by Crippen LogP contribution is -2.61. The average molecular weight is 366 g/mol. The summed E-state index contributed by atoms with van der Waals surface area (Å²) in [5.41, 5.74) is 1.27. The predicted molar refractivity (Wildman–Crippen MR) is 99.0 cm³/mol. The van der Waals surface area contributed by atoms with Crippen LogP contribution in [0, 0.1) is 18.3 Å². The summed E-state index contributed by atoms with van der Waals surface area (Å²) in [5, 5.41) is 10.1. The number of hydrogen-bond donors (Lipinski definition) is 1. The summed E-state index contributed by atoms with van der Waals surface area (Å²) in [5.74, 6) is 0.763. The zero-order valence-electron chi connectivity index (χ0n) is 15.1. The number of nitrogens with zero attached hydrogens (tertiary/aromatic N) is 1. The lowest BCUT2D eigenvalue weighted by Gasteiger charge is -2.54. The van der Waals surface area contributed by atoms with Crippen LogP contribution >= 0.6 is 11.6 Å². The first kappa shape index (κ1) is 18.5. The van der Waals surface area contributed by atoms with Crippen molar-refractivity contribution in [2.75, 3.05) is 19.7 Å². The van der Waals surface area contributed by atoms with Gasteiger partial charge >= 0.3 is 0 Å². The van der Waals surface area contributed by atoms with Crippen molar-refractivity contribution in [1.82, 2.24) is 4.90 Å². The summed E-state index contributed by atoms with van der Waals surface area (Å²) in [4.78, 5) is 14.2. The van der Waals surface area contributed by atoms with Crippen LogP contribution in [0.5, 0.6) is 5.75 Å². The molecule has 1 saturated heterocycles. The number of benzene rings is 1. The minimum Gasteiger partial charge on any atom is -0.490 e. The number of carbonyl (C=O) groups excluding carboxylic acids is 1. The predicted octanol–water partition coefficient (Wildman–Crippen LogP) is 3.82. The number of rotatable bonds is 5. The molecule has 3 rings (SSSR count). The van der Waals surface area contributed by atoms with E-state index in [9.17, 15) is 9.90 Å². The van der Waals surface area contributed by atoms with Gasteiger partial charge in [0.25, 0.3) is 0 Å². The molecule has 2 aliphatic rings. The smallest absolute Gasteiger partial charge is 0.228 e. The number of halogens is 1. The number of aliphatic hydroxyl groups is 1. The van der Waals surface area contributed by atoms with Gasteiger partial charge in [0.2, 0.25) is 5.91 Å². The molecule has 25 heavy (non-hydrogen) atoms. The van der Waals surface area contributed by atoms with Crippen molar-refractivity contribution in [2.24, 2.45) is 11.3 Å². The quantitative estimate of drug-likeness (QED) is 0.863. The molecule has 1 aromatic carbocycles. The molecule has 0 aromatic heterocycles. The van der Waals surface area contributed by atoms with Crippen LogP contribution in [-0.4, -0.2) is 41.7 Å². The van der Waals surface area contributed by atoms with E-state index in [1.807, 2.05) is 36.9 Å². The first-order valence-corrected chi connectivity index (χ1v) is 9.67. The molecular weight excluding hydrogens is 338 g/mol. The molecule has 0 bridgehead atoms. The highest BCUT2D eigenvalue weighted by molar-refractivity contribution is 6.31. The molecule has 1 saturated carbocycles. The third-order valence-corrected chi connectivity index (χ3v) is 6.34. The third-order valence-electron chi connectivity index (χ3n) is 5.93. The molecular formula is C20H28ClNO3. The normalized spacial score (nSPS) is 21.0. The van der Waals surface area contributed by atoms with Crippen LogP contribution < -0.4 is 4.74 Å². The van der Waals surface area contributed by atoms with E-state index in [0.717, 1.165) is 55.1 Å². The SMILES string of the molecule is CC[C@H](CO)C(=O)N1CC2(CCC(Oc3cccc(Cl)c3C)CC2)C1. The van der Waals surface area contributed by atoms with Gasteiger partial charge in [-0.2, -0.15) is 0 Å². The fraction of sp³-hybridized carbons (Fsp3) is 0.650. The number of carbonyl (C=O) groups is 1. The van der Waals surface area contributed by atoms with Crippen molar-refractivity contribution in [1.29, 1.82) is 0 Å². The standard InChI is InChI=1S/C20H28ClNO3/c1-3-15(11-23)19(24)22-12-20(13-22)9-7-16(8-10-20)25-18-6-4-5-17(21)14(18)2/h4-6,15-16,23H,3,7-13H2,1-2H3/t15-/m1/s1. The van der Waals surface area contributed by atoms with E-state index in [2.05, 4.69) is 0 Å².